The number of non-ortho nitro benzene ring substituents is 1. The van der Waals surface area contributed by atoms with Gasteiger partial charge in [-0.1, -0.05) is 30.3 Å². The van der Waals surface area contributed by atoms with Crippen molar-refractivity contribution in [3.8, 4) is 11.8 Å². The number of nitro groups is 1. The lowest BCUT2D eigenvalue weighted by atomic mass is 10.1. The Morgan fingerprint density at radius 3 is 2.67 bits per heavy atom. The Morgan fingerprint density at radius 1 is 1.30 bits per heavy atom. The summed E-state index contributed by atoms with van der Waals surface area (Å²) in [6.45, 7) is 0.415. The second kappa shape index (κ2) is 9.73. The van der Waals surface area contributed by atoms with E-state index in [4.69, 9.17) is 4.74 Å². The average molecular weight is 365 g/mol. The molecule has 0 aromatic heterocycles. The highest BCUT2D eigenvalue weighted by molar-refractivity contribution is 6.02. The maximum Gasteiger partial charge on any atom is 0.270 e. The van der Waals surface area contributed by atoms with Gasteiger partial charge in [-0.15, -0.1) is 0 Å². The molecule has 0 bridgehead atoms. The van der Waals surface area contributed by atoms with E-state index in [0.717, 1.165) is 12.8 Å². The number of rotatable bonds is 8. The third kappa shape index (κ3) is 5.68. The molecule has 0 fully saturated rings. The van der Waals surface area contributed by atoms with Crippen LogP contribution < -0.4 is 10.1 Å². The lowest BCUT2D eigenvalue weighted by molar-refractivity contribution is -0.384. The van der Waals surface area contributed by atoms with E-state index in [2.05, 4.69) is 5.32 Å². The minimum atomic E-state index is -0.549. The van der Waals surface area contributed by atoms with Gasteiger partial charge in [0.25, 0.3) is 11.6 Å². The number of carbonyl (C=O) groups is 1. The van der Waals surface area contributed by atoms with Crippen molar-refractivity contribution < 1.29 is 14.5 Å². The number of hydrogen-bond acceptors (Lipinski definition) is 5. The number of hydrogen-bond donors (Lipinski definition) is 1. The topological polar surface area (TPSA) is 105 Å². The van der Waals surface area contributed by atoms with Gasteiger partial charge in [-0.3, -0.25) is 14.9 Å². The van der Waals surface area contributed by atoms with Gasteiger partial charge in [0.1, 0.15) is 17.4 Å². The third-order valence-electron chi connectivity index (χ3n) is 3.86. The van der Waals surface area contributed by atoms with Gasteiger partial charge >= 0.3 is 0 Å². The fraction of sp³-hybridized carbons (Fsp3) is 0.200. The number of nitrogens with zero attached hydrogens (tertiary/aromatic N) is 2. The first kappa shape index (κ1) is 19.7. The average Bonchev–Trinajstić information content (AvgIpc) is 2.69. The number of nitrogens with one attached hydrogen (secondary N) is 1. The maximum atomic E-state index is 12.2. The van der Waals surface area contributed by atoms with Gasteiger partial charge in [0.15, 0.2) is 0 Å². The van der Waals surface area contributed by atoms with Crippen LogP contribution in [0, 0.1) is 21.4 Å². The molecule has 2 rings (SSSR count). The number of aryl methyl sites for hydroxylation is 1. The molecule has 0 saturated heterocycles. The van der Waals surface area contributed by atoms with Crippen LogP contribution in [-0.4, -0.2) is 24.5 Å². The molecule has 0 unspecified atom stereocenters. The summed E-state index contributed by atoms with van der Waals surface area (Å²) in [4.78, 5) is 22.6. The van der Waals surface area contributed by atoms with E-state index >= 15 is 0 Å². The van der Waals surface area contributed by atoms with Crippen LogP contribution in [0.3, 0.4) is 0 Å². The standard InChI is InChI=1S/C20H19N3O4/c1-27-19-10-9-18(23(25)26)13-16(19)12-17(14-21)20(24)22-11-5-8-15-6-3-2-4-7-15/h2-4,6-7,9-10,12-13H,5,8,11H2,1H3,(H,22,24)/b17-12-. The van der Waals surface area contributed by atoms with Crippen molar-refractivity contribution in [3.05, 3.63) is 75.3 Å². The van der Waals surface area contributed by atoms with E-state index < -0.39 is 10.8 Å². The van der Waals surface area contributed by atoms with Crippen molar-refractivity contribution in [2.24, 2.45) is 0 Å². The van der Waals surface area contributed by atoms with Gasteiger partial charge in [-0.25, -0.2) is 0 Å². The van der Waals surface area contributed by atoms with E-state index in [1.807, 2.05) is 36.4 Å². The molecule has 0 saturated carbocycles. The minimum absolute atomic E-state index is 0.145. The molecule has 0 atom stereocenters. The summed E-state index contributed by atoms with van der Waals surface area (Å²) in [6, 6.07) is 15.7. The number of amides is 1. The number of carbonyl (C=O) groups excluding carboxylic acids is 1. The summed E-state index contributed by atoms with van der Waals surface area (Å²) >= 11 is 0. The third-order valence-corrected chi connectivity index (χ3v) is 3.86. The zero-order valence-electron chi connectivity index (χ0n) is 14.8. The number of ether oxygens (including phenoxy) is 1. The highest BCUT2D eigenvalue weighted by Gasteiger charge is 2.14. The fourth-order valence-corrected chi connectivity index (χ4v) is 2.49. The lowest BCUT2D eigenvalue weighted by Gasteiger charge is -2.07. The normalized spacial score (nSPS) is 10.7. The van der Waals surface area contributed by atoms with E-state index in [0.29, 0.717) is 17.9 Å². The van der Waals surface area contributed by atoms with Crippen LogP contribution in [0.4, 0.5) is 5.69 Å². The molecule has 0 aliphatic rings. The highest BCUT2D eigenvalue weighted by atomic mass is 16.6. The van der Waals surface area contributed by atoms with Crippen molar-refractivity contribution in [2.45, 2.75) is 12.8 Å². The van der Waals surface area contributed by atoms with Crippen LogP contribution in [0.2, 0.25) is 0 Å². The lowest BCUT2D eigenvalue weighted by Crippen LogP contribution is -2.25. The Hall–Kier alpha value is -3.66. The van der Waals surface area contributed by atoms with Crippen LogP contribution in [0.1, 0.15) is 17.5 Å². The zero-order chi connectivity index (χ0) is 19.6. The Labute approximate surface area is 157 Å². The Kier molecular flexibility index (Phi) is 7.08. The molecule has 7 nitrogen and oxygen atoms in total. The van der Waals surface area contributed by atoms with Gasteiger partial charge in [0.2, 0.25) is 0 Å². The molecule has 2 aromatic carbocycles. The molecule has 0 spiro atoms. The number of nitro benzene ring substituents is 1. The minimum Gasteiger partial charge on any atom is -0.496 e. The molecule has 0 heterocycles. The monoisotopic (exact) mass is 365 g/mol. The Bertz CT molecular complexity index is 886. The number of methoxy groups -OCH3 is 1. The van der Waals surface area contributed by atoms with Crippen LogP contribution in [0.5, 0.6) is 5.75 Å². The zero-order valence-corrected chi connectivity index (χ0v) is 14.8. The van der Waals surface area contributed by atoms with Gasteiger partial charge in [-0.05, 0) is 30.5 Å². The molecule has 0 radical (unpaired) electrons. The predicted octanol–water partition coefficient (Wildman–Crippen LogP) is 3.26. The molecule has 7 heteroatoms. The van der Waals surface area contributed by atoms with Gasteiger partial charge in [0, 0.05) is 24.2 Å². The van der Waals surface area contributed by atoms with Gasteiger partial charge in [-0.2, -0.15) is 5.26 Å². The largest absolute Gasteiger partial charge is 0.496 e. The van der Waals surface area contributed by atoms with Crippen molar-refractivity contribution in [1.82, 2.24) is 5.32 Å². The quantitative estimate of drug-likeness (QED) is 0.254. The summed E-state index contributed by atoms with van der Waals surface area (Å²) in [5.41, 5.74) is 1.17. The summed E-state index contributed by atoms with van der Waals surface area (Å²) in [6.07, 6.45) is 2.83. The molecular weight excluding hydrogens is 346 g/mol. The maximum absolute atomic E-state index is 12.2. The molecule has 2 aromatic rings. The van der Waals surface area contributed by atoms with E-state index in [1.54, 1.807) is 0 Å². The van der Waals surface area contributed by atoms with Crippen LogP contribution in [0.15, 0.2) is 54.1 Å². The van der Waals surface area contributed by atoms with Crippen LogP contribution in [-0.2, 0) is 11.2 Å². The molecular formula is C20H19N3O4. The van der Waals surface area contributed by atoms with Crippen LogP contribution in [0.25, 0.3) is 6.08 Å². The summed E-state index contributed by atoms with van der Waals surface area (Å²) in [5.74, 6) is -0.190. The smallest absolute Gasteiger partial charge is 0.270 e. The number of nitriles is 1. The first-order valence-electron chi connectivity index (χ1n) is 8.31. The number of benzene rings is 2. The first-order chi connectivity index (χ1) is 13.0. The van der Waals surface area contributed by atoms with Crippen molar-refractivity contribution in [3.63, 3.8) is 0 Å². The Morgan fingerprint density at radius 2 is 2.04 bits per heavy atom. The second-order valence-corrected chi connectivity index (χ2v) is 5.70. The Balaban J connectivity index is 2.04. The molecule has 0 aliphatic carbocycles. The molecule has 27 heavy (non-hydrogen) atoms. The molecule has 1 amide bonds. The molecule has 0 aliphatic heterocycles. The molecule has 138 valence electrons. The van der Waals surface area contributed by atoms with E-state index in [1.165, 1.54) is 36.9 Å². The first-order valence-corrected chi connectivity index (χ1v) is 8.31. The van der Waals surface area contributed by atoms with E-state index in [9.17, 15) is 20.2 Å². The van der Waals surface area contributed by atoms with Crippen molar-refractivity contribution >= 4 is 17.7 Å². The van der Waals surface area contributed by atoms with E-state index in [-0.39, 0.29) is 11.3 Å². The van der Waals surface area contributed by atoms with Crippen molar-refractivity contribution in [2.75, 3.05) is 13.7 Å². The summed E-state index contributed by atoms with van der Waals surface area (Å²) in [5, 5.41) is 22.9. The summed E-state index contributed by atoms with van der Waals surface area (Å²) in [7, 11) is 1.41. The second-order valence-electron chi connectivity index (χ2n) is 5.70. The highest BCUT2D eigenvalue weighted by Crippen LogP contribution is 2.26. The fourth-order valence-electron chi connectivity index (χ4n) is 2.49. The van der Waals surface area contributed by atoms with Crippen molar-refractivity contribution in [1.29, 1.82) is 5.26 Å². The van der Waals surface area contributed by atoms with Gasteiger partial charge in [0.05, 0.1) is 12.0 Å². The predicted molar refractivity (Wildman–Crippen MR) is 101 cm³/mol. The molecule has 1 N–H and O–H groups in total. The summed E-state index contributed by atoms with van der Waals surface area (Å²) < 4.78 is 5.14. The van der Waals surface area contributed by atoms with Crippen LogP contribution >= 0.6 is 0 Å². The SMILES string of the molecule is COc1ccc([N+](=O)[O-])cc1/C=C(/C#N)C(=O)NCCCc1ccccc1. The van der Waals surface area contributed by atoms with Gasteiger partial charge < -0.3 is 10.1 Å².